The van der Waals surface area contributed by atoms with Crippen molar-refractivity contribution in [2.24, 2.45) is 5.41 Å². The van der Waals surface area contributed by atoms with Crippen molar-refractivity contribution in [3.05, 3.63) is 28.7 Å². The third-order valence-electron chi connectivity index (χ3n) is 7.13. The lowest BCUT2D eigenvalue weighted by Gasteiger charge is -2.39. The molecule has 0 unspecified atom stereocenters. The van der Waals surface area contributed by atoms with Crippen LogP contribution in [0.1, 0.15) is 37.6 Å². The van der Waals surface area contributed by atoms with Gasteiger partial charge in [-0.25, -0.2) is 15.0 Å². The lowest BCUT2D eigenvalue weighted by molar-refractivity contribution is -0.168. The first-order valence-electron chi connectivity index (χ1n) is 12.0. The fourth-order valence-corrected chi connectivity index (χ4v) is 6.16. The minimum absolute atomic E-state index is 0.185. The van der Waals surface area contributed by atoms with E-state index >= 15 is 0 Å². The molecule has 1 atom stereocenters. The van der Waals surface area contributed by atoms with Gasteiger partial charge in [0.25, 0.3) is 0 Å². The molecule has 11 heteroatoms. The Labute approximate surface area is 214 Å². The van der Waals surface area contributed by atoms with Crippen LogP contribution in [0.25, 0.3) is 0 Å². The van der Waals surface area contributed by atoms with Gasteiger partial charge in [-0.2, -0.15) is 0 Å². The molecular formula is C24H32ClN5O4S. The minimum atomic E-state index is -0.890. The predicted octanol–water partition coefficient (Wildman–Crippen LogP) is 3.05. The normalized spacial score (nSPS) is 22.9. The number of aryl methyl sites for hydroxylation is 1. The first-order chi connectivity index (χ1) is 16.8. The van der Waals surface area contributed by atoms with Crippen molar-refractivity contribution in [3.63, 3.8) is 0 Å². The number of rotatable bonds is 7. The van der Waals surface area contributed by atoms with Gasteiger partial charge < -0.3 is 29.9 Å². The SMILES string of the molecule is Cc1nc(N2CCC3(CC2)CO[C@@H](C)C3)c(CO)nc1Sc1ccnc(NCC2(O)COC2)c1Cl. The number of hydrogen-bond acceptors (Lipinski definition) is 10. The van der Waals surface area contributed by atoms with Gasteiger partial charge in [0.05, 0.1) is 43.2 Å². The highest BCUT2D eigenvalue weighted by Gasteiger charge is 2.41. The smallest absolute Gasteiger partial charge is 0.153 e. The maximum atomic E-state index is 10.3. The molecule has 9 nitrogen and oxygen atoms in total. The Morgan fingerprint density at radius 1 is 1.26 bits per heavy atom. The fourth-order valence-electron chi connectivity index (χ4n) is 4.99. The quantitative estimate of drug-likeness (QED) is 0.502. The molecule has 0 saturated carbocycles. The van der Waals surface area contributed by atoms with Crippen LogP contribution < -0.4 is 10.2 Å². The van der Waals surface area contributed by atoms with Crippen molar-refractivity contribution in [2.45, 2.75) is 61.3 Å². The lowest BCUT2D eigenvalue weighted by Crippen LogP contribution is -2.54. The van der Waals surface area contributed by atoms with Gasteiger partial charge in [-0.1, -0.05) is 23.4 Å². The summed E-state index contributed by atoms with van der Waals surface area (Å²) in [4.78, 5) is 16.9. The number of nitrogens with one attached hydrogen (secondary N) is 1. The topological polar surface area (TPSA) is 113 Å². The number of anilines is 2. The van der Waals surface area contributed by atoms with E-state index in [9.17, 15) is 10.2 Å². The van der Waals surface area contributed by atoms with Crippen molar-refractivity contribution >= 4 is 35.0 Å². The first kappa shape index (κ1) is 25.0. The van der Waals surface area contributed by atoms with Crippen molar-refractivity contribution in [3.8, 4) is 0 Å². The molecule has 35 heavy (non-hydrogen) atoms. The molecule has 0 amide bonds. The number of piperidine rings is 1. The zero-order valence-corrected chi connectivity index (χ0v) is 21.7. The van der Waals surface area contributed by atoms with E-state index in [1.54, 1.807) is 6.20 Å². The van der Waals surface area contributed by atoms with Gasteiger partial charge >= 0.3 is 0 Å². The van der Waals surface area contributed by atoms with Crippen LogP contribution >= 0.6 is 23.4 Å². The van der Waals surface area contributed by atoms with E-state index in [2.05, 4.69) is 22.1 Å². The summed E-state index contributed by atoms with van der Waals surface area (Å²) >= 11 is 8.01. The molecule has 0 aromatic carbocycles. The van der Waals surface area contributed by atoms with E-state index in [4.69, 9.17) is 31.0 Å². The molecule has 2 aromatic heterocycles. The Hall–Kier alpha value is -1.69. The zero-order chi connectivity index (χ0) is 24.6. The van der Waals surface area contributed by atoms with E-state index in [0.717, 1.165) is 55.4 Å². The summed E-state index contributed by atoms with van der Waals surface area (Å²) in [6.45, 7) is 7.39. The average molecular weight is 522 g/mol. The van der Waals surface area contributed by atoms with E-state index in [1.807, 2.05) is 13.0 Å². The van der Waals surface area contributed by atoms with Gasteiger partial charge in [0, 0.05) is 30.7 Å². The second kappa shape index (κ2) is 9.99. The van der Waals surface area contributed by atoms with Gasteiger partial charge in [0.1, 0.15) is 22.1 Å². The Morgan fingerprint density at radius 3 is 2.66 bits per heavy atom. The molecule has 3 fully saturated rings. The molecule has 5 heterocycles. The standard InChI is InChI=1S/C24H32ClN5O4S/c1-15-9-23(12-34-15)4-7-30(8-5-23)21-17(10-31)29-22(16(2)28-21)35-18-3-6-26-20(19(18)25)27-11-24(32)13-33-14-24/h3,6,15,31-32H,4-5,7-14H2,1-2H3,(H,26,27)/t15-/m0/s1. The minimum Gasteiger partial charge on any atom is -0.390 e. The average Bonchev–Trinajstić information content (AvgIpc) is 3.19. The molecule has 0 aliphatic carbocycles. The summed E-state index contributed by atoms with van der Waals surface area (Å²) in [6.07, 6.45) is 5.23. The van der Waals surface area contributed by atoms with Crippen LogP contribution in [0, 0.1) is 12.3 Å². The molecule has 3 saturated heterocycles. The maximum absolute atomic E-state index is 10.3. The number of aliphatic hydroxyl groups is 2. The molecule has 0 bridgehead atoms. The van der Waals surface area contributed by atoms with Crippen LogP contribution in [-0.4, -0.2) is 76.3 Å². The van der Waals surface area contributed by atoms with E-state index in [-0.39, 0.29) is 12.0 Å². The van der Waals surface area contributed by atoms with Gasteiger partial charge in [0.15, 0.2) is 5.82 Å². The highest BCUT2D eigenvalue weighted by atomic mass is 35.5. The second-order valence-corrected chi connectivity index (χ2v) is 11.4. The number of hydrogen-bond donors (Lipinski definition) is 3. The Bertz CT molecular complexity index is 1080. The summed E-state index contributed by atoms with van der Waals surface area (Å²) in [5.41, 5.74) is 0.738. The van der Waals surface area contributed by atoms with Gasteiger partial charge in [0.2, 0.25) is 0 Å². The van der Waals surface area contributed by atoms with E-state index in [1.165, 1.54) is 11.8 Å². The summed E-state index contributed by atoms with van der Waals surface area (Å²) in [7, 11) is 0. The summed E-state index contributed by atoms with van der Waals surface area (Å²) in [5, 5.41) is 24.6. The molecular weight excluding hydrogens is 490 g/mol. The lowest BCUT2D eigenvalue weighted by atomic mass is 9.77. The number of ether oxygens (including phenoxy) is 2. The van der Waals surface area contributed by atoms with Crippen LogP contribution in [0.4, 0.5) is 11.6 Å². The number of pyridine rings is 1. The highest BCUT2D eigenvalue weighted by Crippen LogP contribution is 2.43. The molecule has 190 valence electrons. The molecule has 3 aliphatic heterocycles. The Kier molecular flexibility index (Phi) is 7.13. The van der Waals surface area contributed by atoms with Crippen molar-refractivity contribution < 1.29 is 19.7 Å². The third kappa shape index (κ3) is 5.23. The molecule has 1 spiro atoms. The van der Waals surface area contributed by atoms with Crippen LogP contribution in [-0.2, 0) is 16.1 Å². The molecule has 0 radical (unpaired) electrons. The number of nitrogens with zero attached hydrogens (tertiary/aromatic N) is 4. The number of halogens is 1. The monoisotopic (exact) mass is 521 g/mol. The van der Waals surface area contributed by atoms with Gasteiger partial charge in [-0.3, -0.25) is 0 Å². The fraction of sp³-hybridized carbons (Fsp3) is 0.625. The molecule has 2 aromatic rings. The van der Waals surface area contributed by atoms with E-state index < -0.39 is 5.60 Å². The van der Waals surface area contributed by atoms with Gasteiger partial charge in [-0.05, 0) is 44.6 Å². The van der Waals surface area contributed by atoms with Crippen molar-refractivity contribution in [2.75, 3.05) is 49.7 Å². The first-order valence-corrected chi connectivity index (χ1v) is 13.2. The molecule has 3 N–H and O–H groups in total. The second-order valence-electron chi connectivity index (χ2n) is 10.00. The number of aromatic nitrogens is 3. The van der Waals surface area contributed by atoms with Crippen LogP contribution in [0.3, 0.4) is 0 Å². The van der Waals surface area contributed by atoms with Crippen LogP contribution in [0.2, 0.25) is 5.02 Å². The summed E-state index contributed by atoms with van der Waals surface area (Å²) in [5.74, 6) is 1.25. The van der Waals surface area contributed by atoms with Gasteiger partial charge in [-0.15, -0.1) is 0 Å². The number of aliphatic hydroxyl groups excluding tert-OH is 1. The summed E-state index contributed by atoms with van der Waals surface area (Å²) in [6, 6.07) is 1.82. The Balaban J connectivity index is 1.30. The van der Waals surface area contributed by atoms with Crippen molar-refractivity contribution in [1.29, 1.82) is 0 Å². The maximum Gasteiger partial charge on any atom is 0.153 e. The largest absolute Gasteiger partial charge is 0.390 e. The predicted molar refractivity (Wildman–Crippen MR) is 134 cm³/mol. The van der Waals surface area contributed by atoms with Crippen LogP contribution in [0.5, 0.6) is 0 Å². The third-order valence-corrected chi connectivity index (χ3v) is 8.77. The summed E-state index contributed by atoms with van der Waals surface area (Å²) < 4.78 is 10.9. The Morgan fingerprint density at radius 2 is 2.03 bits per heavy atom. The van der Waals surface area contributed by atoms with Crippen molar-refractivity contribution in [1.82, 2.24) is 15.0 Å². The highest BCUT2D eigenvalue weighted by molar-refractivity contribution is 7.99. The zero-order valence-electron chi connectivity index (χ0n) is 20.1. The van der Waals surface area contributed by atoms with Crippen LogP contribution in [0.15, 0.2) is 22.2 Å². The molecule has 3 aliphatic rings. The molecule has 5 rings (SSSR count). The van der Waals surface area contributed by atoms with E-state index in [0.29, 0.717) is 47.4 Å².